The van der Waals surface area contributed by atoms with Gasteiger partial charge in [0, 0.05) is 12.7 Å². The molecular weight excluding hydrogens is 533 g/mol. The van der Waals surface area contributed by atoms with Crippen molar-refractivity contribution in [3.05, 3.63) is 34.3 Å². The van der Waals surface area contributed by atoms with Gasteiger partial charge in [-0.2, -0.15) is 0 Å². The molecule has 0 atom stereocenters. The first-order valence-corrected chi connectivity index (χ1v) is 11.9. The topological polar surface area (TPSA) is 142 Å². The first-order chi connectivity index (χ1) is 14.9. The standard InChI is InChI=1S/C20H26IN5O4S/c1-11-15(20(26-21)31-16(11)18(29)23-9-10-27)17(22)25-14-3-2-8-24-19(14)30-13-6-4-12(28)5-7-13/h2-3,8,12-13,26-28H,4-7,9-10H2,1H3,(H2,22,25)(H,23,29). The van der Waals surface area contributed by atoms with E-state index in [4.69, 9.17) is 15.6 Å². The highest BCUT2D eigenvalue weighted by atomic mass is 127. The molecule has 168 valence electrons. The van der Waals surface area contributed by atoms with Crippen LogP contribution < -0.4 is 19.3 Å². The van der Waals surface area contributed by atoms with Gasteiger partial charge < -0.3 is 29.5 Å². The maximum atomic E-state index is 12.4. The van der Waals surface area contributed by atoms with Crippen LogP contribution in [0.25, 0.3) is 0 Å². The zero-order chi connectivity index (χ0) is 22.4. The number of nitrogens with two attached hydrogens (primary N) is 1. The van der Waals surface area contributed by atoms with Crippen LogP contribution in [0.5, 0.6) is 5.88 Å². The first kappa shape index (κ1) is 23.7. The van der Waals surface area contributed by atoms with Crippen LogP contribution in [0.3, 0.4) is 0 Å². The van der Waals surface area contributed by atoms with Crippen molar-refractivity contribution < 1.29 is 19.7 Å². The molecule has 0 bridgehead atoms. The molecule has 2 aromatic rings. The molecule has 0 saturated heterocycles. The van der Waals surface area contributed by atoms with Crippen LogP contribution in [0.1, 0.15) is 46.5 Å². The fourth-order valence-corrected chi connectivity index (χ4v) is 5.04. The number of pyridine rings is 1. The minimum Gasteiger partial charge on any atom is -0.473 e. The van der Waals surface area contributed by atoms with Crippen LogP contribution in [0.4, 0.5) is 10.7 Å². The molecule has 1 aliphatic rings. The van der Waals surface area contributed by atoms with Gasteiger partial charge in [-0.1, -0.05) is 0 Å². The van der Waals surface area contributed by atoms with E-state index in [0.717, 1.165) is 12.8 Å². The quantitative estimate of drug-likeness (QED) is 0.145. The minimum absolute atomic E-state index is 0.0234. The number of aromatic nitrogens is 1. The number of rotatable bonds is 8. The molecule has 31 heavy (non-hydrogen) atoms. The van der Waals surface area contributed by atoms with E-state index in [2.05, 4.69) is 18.8 Å². The predicted molar refractivity (Wildman–Crippen MR) is 130 cm³/mol. The molecular formula is C20H26IN5O4S. The van der Waals surface area contributed by atoms with Crippen LogP contribution in [0.2, 0.25) is 0 Å². The second kappa shape index (κ2) is 11.1. The van der Waals surface area contributed by atoms with Crippen molar-refractivity contribution in [2.24, 2.45) is 10.7 Å². The lowest BCUT2D eigenvalue weighted by Crippen LogP contribution is -2.27. The Bertz CT molecular complexity index is 944. The van der Waals surface area contributed by atoms with Gasteiger partial charge in [-0.3, -0.25) is 4.79 Å². The Hall–Kier alpha value is -1.96. The lowest BCUT2D eigenvalue weighted by atomic mass is 9.95. The summed E-state index contributed by atoms with van der Waals surface area (Å²) < 4.78 is 9.11. The molecule has 9 nitrogen and oxygen atoms in total. The number of aliphatic hydroxyl groups is 2. The number of hydrogen-bond acceptors (Lipinski definition) is 8. The number of amidine groups is 1. The Kier molecular flexibility index (Phi) is 8.46. The van der Waals surface area contributed by atoms with E-state index in [1.165, 1.54) is 11.3 Å². The van der Waals surface area contributed by atoms with Gasteiger partial charge in [0.05, 0.1) is 46.0 Å². The molecule has 1 aliphatic carbocycles. The number of halogens is 1. The van der Waals surface area contributed by atoms with Crippen molar-refractivity contribution >= 4 is 56.6 Å². The number of nitrogens with one attached hydrogen (secondary N) is 2. The lowest BCUT2D eigenvalue weighted by molar-refractivity contribution is 0.0647. The fourth-order valence-electron chi connectivity index (χ4n) is 3.42. The normalized spacial score (nSPS) is 19.2. The molecule has 6 N–H and O–H groups in total. The van der Waals surface area contributed by atoms with Gasteiger partial charge in [-0.25, -0.2) is 9.98 Å². The number of carbonyl (C=O) groups excluding carboxylic acids is 1. The van der Waals surface area contributed by atoms with Crippen LogP contribution in [0, 0.1) is 6.92 Å². The van der Waals surface area contributed by atoms with Gasteiger partial charge in [0.2, 0.25) is 5.88 Å². The van der Waals surface area contributed by atoms with Crippen LogP contribution >= 0.6 is 34.2 Å². The Morgan fingerprint density at radius 1 is 1.42 bits per heavy atom. The Balaban J connectivity index is 1.88. The number of aliphatic imine (C=N–C) groups is 1. The SMILES string of the molecule is Cc1c(C(=O)NCCO)sc(NI)c1C(N)=Nc1cccnc1OC1CCC(O)CC1. The molecule has 1 fully saturated rings. The number of ether oxygens (including phenoxy) is 1. The summed E-state index contributed by atoms with van der Waals surface area (Å²) in [5, 5.41) is 22.0. The molecule has 1 amide bonds. The largest absolute Gasteiger partial charge is 0.473 e. The molecule has 2 aromatic heterocycles. The highest BCUT2D eigenvalue weighted by Crippen LogP contribution is 2.35. The Labute approximate surface area is 198 Å². The summed E-state index contributed by atoms with van der Waals surface area (Å²) in [6.45, 7) is 1.86. The van der Waals surface area contributed by atoms with E-state index in [9.17, 15) is 9.90 Å². The molecule has 3 rings (SSSR count). The van der Waals surface area contributed by atoms with Gasteiger partial charge in [0.15, 0.2) is 0 Å². The average molecular weight is 559 g/mol. The molecule has 2 heterocycles. The van der Waals surface area contributed by atoms with E-state index in [1.54, 1.807) is 18.3 Å². The van der Waals surface area contributed by atoms with Crippen LogP contribution in [-0.2, 0) is 0 Å². The summed E-state index contributed by atoms with van der Waals surface area (Å²) in [7, 11) is 0. The molecule has 0 aliphatic heterocycles. The average Bonchev–Trinajstić information content (AvgIpc) is 3.11. The molecule has 0 aromatic carbocycles. The van der Waals surface area contributed by atoms with Crippen molar-refractivity contribution in [1.82, 2.24) is 10.3 Å². The van der Waals surface area contributed by atoms with E-state index in [1.807, 2.05) is 29.8 Å². The highest BCUT2D eigenvalue weighted by Gasteiger charge is 2.24. The van der Waals surface area contributed by atoms with Gasteiger partial charge in [0.25, 0.3) is 5.91 Å². The fraction of sp³-hybridized carbons (Fsp3) is 0.450. The maximum absolute atomic E-state index is 12.4. The summed E-state index contributed by atoms with van der Waals surface area (Å²) in [6, 6.07) is 3.54. The van der Waals surface area contributed by atoms with Crippen molar-refractivity contribution in [2.75, 3.05) is 16.7 Å². The Morgan fingerprint density at radius 2 is 2.16 bits per heavy atom. The van der Waals surface area contributed by atoms with Gasteiger partial charge >= 0.3 is 0 Å². The van der Waals surface area contributed by atoms with E-state index >= 15 is 0 Å². The molecule has 1 saturated carbocycles. The second-order valence-corrected chi connectivity index (χ2v) is 8.77. The van der Waals surface area contributed by atoms with Gasteiger partial charge in [-0.15, -0.1) is 11.3 Å². The number of hydrogen-bond donors (Lipinski definition) is 5. The second-order valence-electron chi connectivity index (χ2n) is 7.21. The van der Waals surface area contributed by atoms with Crippen LogP contribution in [0.15, 0.2) is 23.3 Å². The van der Waals surface area contributed by atoms with Crippen LogP contribution in [-0.4, -0.2) is 52.3 Å². The third-order valence-electron chi connectivity index (χ3n) is 5.01. The van der Waals surface area contributed by atoms with Gasteiger partial charge in [-0.05, 0) is 50.3 Å². The van der Waals surface area contributed by atoms with E-state index in [-0.39, 0.29) is 37.1 Å². The van der Waals surface area contributed by atoms with Crippen molar-refractivity contribution in [3.63, 3.8) is 0 Å². The van der Waals surface area contributed by atoms with E-state index in [0.29, 0.717) is 45.4 Å². The van der Waals surface area contributed by atoms with E-state index < -0.39 is 0 Å². The third kappa shape index (κ3) is 5.84. The molecule has 0 spiro atoms. The minimum atomic E-state index is -0.270. The van der Waals surface area contributed by atoms with Crippen molar-refractivity contribution in [1.29, 1.82) is 0 Å². The maximum Gasteiger partial charge on any atom is 0.261 e. The number of nitrogens with zero attached hydrogens (tertiary/aromatic N) is 2. The lowest BCUT2D eigenvalue weighted by Gasteiger charge is -2.26. The first-order valence-electron chi connectivity index (χ1n) is 9.98. The van der Waals surface area contributed by atoms with Crippen molar-refractivity contribution in [3.8, 4) is 5.88 Å². The molecule has 0 radical (unpaired) electrons. The monoisotopic (exact) mass is 559 g/mol. The highest BCUT2D eigenvalue weighted by molar-refractivity contribution is 14.1. The third-order valence-corrected chi connectivity index (χ3v) is 7.12. The molecule has 11 heteroatoms. The smallest absolute Gasteiger partial charge is 0.261 e. The zero-order valence-corrected chi connectivity index (χ0v) is 20.1. The summed E-state index contributed by atoms with van der Waals surface area (Å²) in [6.07, 6.45) is 4.28. The summed E-state index contributed by atoms with van der Waals surface area (Å²) in [5.74, 6) is 0.365. The Morgan fingerprint density at radius 3 is 2.84 bits per heavy atom. The number of carbonyl (C=O) groups is 1. The number of aliphatic hydroxyl groups excluding tert-OH is 2. The number of amides is 1. The summed E-state index contributed by atoms with van der Waals surface area (Å²) in [5.41, 5.74) is 8.21. The number of thiophene rings is 1. The molecule has 0 unspecified atom stereocenters. The number of anilines is 1. The predicted octanol–water partition coefficient (Wildman–Crippen LogP) is 2.65. The summed E-state index contributed by atoms with van der Waals surface area (Å²) >= 11 is 3.26. The van der Waals surface area contributed by atoms with Crippen molar-refractivity contribution in [2.45, 2.75) is 44.8 Å². The summed E-state index contributed by atoms with van der Waals surface area (Å²) in [4.78, 5) is 21.8. The zero-order valence-electron chi connectivity index (χ0n) is 17.1. The van der Waals surface area contributed by atoms with Gasteiger partial charge in [0.1, 0.15) is 22.6 Å².